The molecule has 2 rings (SSSR count). The first-order chi connectivity index (χ1) is 8.15. The molecule has 0 saturated heterocycles. The van der Waals surface area contributed by atoms with E-state index in [0.717, 1.165) is 17.9 Å². The number of hydrogen-bond donors (Lipinski definition) is 2. The highest BCUT2D eigenvalue weighted by atomic mass is 35.5. The predicted octanol–water partition coefficient (Wildman–Crippen LogP) is 2.63. The zero-order chi connectivity index (χ0) is 12.4. The van der Waals surface area contributed by atoms with Crippen molar-refractivity contribution in [3.05, 3.63) is 17.7 Å². The largest absolute Gasteiger partial charge is 0.508 e. The number of hydrogen-bond acceptors (Lipinski definition) is 4. The fourth-order valence-corrected chi connectivity index (χ4v) is 2.12. The number of nitrogens with two attached hydrogens (primary N) is 1. The van der Waals surface area contributed by atoms with Crippen molar-refractivity contribution in [2.24, 2.45) is 11.7 Å². The Kier molecular flexibility index (Phi) is 5.11. The molecule has 1 aliphatic carbocycles. The topological polar surface area (TPSA) is 64.7 Å². The third kappa shape index (κ3) is 3.21. The van der Waals surface area contributed by atoms with Gasteiger partial charge >= 0.3 is 0 Å². The minimum absolute atomic E-state index is 0. The average Bonchev–Trinajstić information content (AvgIpc) is 3.11. The third-order valence-electron chi connectivity index (χ3n) is 3.18. The maximum absolute atomic E-state index is 9.56. The van der Waals surface area contributed by atoms with Crippen LogP contribution in [0.3, 0.4) is 0 Å². The van der Waals surface area contributed by atoms with E-state index in [9.17, 15) is 5.11 Å². The van der Waals surface area contributed by atoms with Crippen molar-refractivity contribution < 1.29 is 14.6 Å². The van der Waals surface area contributed by atoms with Crippen LogP contribution in [-0.2, 0) is 0 Å². The Labute approximate surface area is 113 Å². The number of rotatable bonds is 5. The number of phenolic OH excluding ortho intramolecular Hbond substituents is 1. The standard InChI is InChI=1S/C13H19NO3.ClH/c1-16-11-6-9(15)7-12(17-2)13(11)10(14)5-8-3-4-8;/h6-8,10,15H,3-5,14H2,1-2H3;1H/t10-;/m1./s1. The van der Waals surface area contributed by atoms with Crippen LogP contribution in [0.25, 0.3) is 0 Å². The van der Waals surface area contributed by atoms with Crippen molar-refractivity contribution in [3.8, 4) is 17.2 Å². The predicted molar refractivity (Wildman–Crippen MR) is 72.7 cm³/mol. The summed E-state index contributed by atoms with van der Waals surface area (Å²) < 4.78 is 10.5. The Balaban J connectivity index is 0.00000162. The van der Waals surface area contributed by atoms with Crippen molar-refractivity contribution in [3.63, 3.8) is 0 Å². The van der Waals surface area contributed by atoms with Crippen LogP contribution in [0.2, 0.25) is 0 Å². The van der Waals surface area contributed by atoms with Crippen LogP contribution in [0.4, 0.5) is 0 Å². The van der Waals surface area contributed by atoms with Gasteiger partial charge in [0.2, 0.25) is 0 Å². The van der Waals surface area contributed by atoms with Gasteiger partial charge in [-0.25, -0.2) is 0 Å². The SMILES string of the molecule is COc1cc(O)cc(OC)c1[C@H](N)CC1CC1.Cl. The van der Waals surface area contributed by atoms with Crippen molar-refractivity contribution in [2.45, 2.75) is 25.3 Å². The summed E-state index contributed by atoms with van der Waals surface area (Å²) in [6.07, 6.45) is 3.46. The van der Waals surface area contributed by atoms with Gasteiger partial charge in [-0.2, -0.15) is 0 Å². The van der Waals surface area contributed by atoms with Gasteiger partial charge < -0.3 is 20.3 Å². The summed E-state index contributed by atoms with van der Waals surface area (Å²) in [5.74, 6) is 2.04. The molecule has 0 heterocycles. The van der Waals surface area contributed by atoms with Crippen LogP contribution >= 0.6 is 12.4 Å². The van der Waals surface area contributed by atoms with Crippen molar-refractivity contribution in [2.75, 3.05) is 14.2 Å². The van der Waals surface area contributed by atoms with Gasteiger partial charge in [-0.1, -0.05) is 12.8 Å². The summed E-state index contributed by atoms with van der Waals surface area (Å²) in [5.41, 5.74) is 7.04. The minimum atomic E-state index is -0.104. The van der Waals surface area contributed by atoms with Crippen LogP contribution in [0.1, 0.15) is 30.9 Å². The molecule has 5 heteroatoms. The molecule has 1 atom stereocenters. The second-order valence-electron chi connectivity index (χ2n) is 4.55. The van der Waals surface area contributed by atoms with E-state index in [4.69, 9.17) is 15.2 Å². The molecule has 0 aromatic heterocycles. The van der Waals surface area contributed by atoms with Crippen LogP contribution in [-0.4, -0.2) is 19.3 Å². The van der Waals surface area contributed by atoms with E-state index in [1.54, 1.807) is 26.4 Å². The van der Waals surface area contributed by atoms with Crippen LogP contribution < -0.4 is 15.2 Å². The van der Waals surface area contributed by atoms with Gasteiger partial charge in [0.05, 0.1) is 19.8 Å². The highest BCUT2D eigenvalue weighted by Crippen LogP contribution is 2.43. The molecule has 18 heavy (non-hydrogen) atoms. The Morgan fingerprint density at radius 2 is 1.78 bits per heavy atom. The minimum Gasteiger partial charge on any atom is -0.508 e. The lowest BCUT2D eigenvalue weighted by Gasteiger charge is -2.19. The van der Waals surface area contributed by atoms with Crippen molar-refractivity contribution in [1.82, 2.24) is 0 Å². The van der Waals surface area contributed by atoms with Crippen molar-refractivity contribution >= 4 is 12.4 Å². The lowest BCUT2D eigenvalue weighted by Crippen LogP contribution is -2.13. The van der Waals surface area contributed by atoms with E-state index in [2.05, 4.69) is 0 Å². The Morgan fingerprint density at radius 1 is 1.28 bits per heavy atom. The Bertz CT molecular complexity index is 382. The van der Waals surface area contributed by atoms with E-state index >= 15 is 0 Å². The maximum Gasteiger partial charge on any atom is 0.131 e. The molecular formula is C13H20ClNO3. The summed E-state index contributed by atoms with van der Waals surface area (Å²) in [6, 6.07) is 3.04. The molecule has 1 aromatic rings. The first kappa shape index (κ1) is 14.9. The second-order valence-corrected chi connectivity index (χ2v) is 4.55. The highest BCUT2D eigenvalue weighted by molar-refractivity contribution is 5.85. The van der Waals surface area contributed by atoms with E-state index in [-0.39, 0.29) is 24.2 Å². The fourth-order valence-electron chi connectivity index (χ4n) is 2.12. The number of phenols is 1. The van der Waals surface area contributed by atoms with E-state index < -0.39 is 0 Å². The zero-order valence-corrected chi connectivity index (χ0v) is 11.5. The number of halogens is 1. The molecule has 0 radical (unpaired) electrons. The summed E-state index contributed by atoms with van der Waals surface area (Å²) in [4.78, 5) is 0. The molecular weight excluding hydrogens is 254 g/mol. The monoisotopic (exact) mass is 273 g/mol. The summed E-state index contributed by atoms with van der Waals surface area (Å²) in [7, 11) is 3.14. The van der Waals surface area contributed by atoms with E-state index in [1.807, 2.05) is 0 Å². The number of aromatic hydroxyl groups is 1. The maximum atomic E-state index is 9.56. The molecule has 0 unspecified atom stereocenters. The Hall–Kier alpha value is -1.13. The van der Waals surface area contributed by atoms with Gasteiger partial charge in [-0.3, -0.25) is 0 Å². The summed E-state index contributed by atoms with van der Waals surface area (Å²) in [5, 5.41) is 9.56. The molecule has 1 saturated carbocycles. The molecule has 1 aromatic carbocycles. The fraction of sp³-hybridized carbons (Fsp3) is 0.538. The first-order valence-electron chi connectivity index (χ1n) is 5.86. The van der Waals surface area contributed by atoms with Gasteiger partial charge in [0.25, 0.3) is 0 Å². The van der Waals surface area contributed by atoms with Crippen LogP contribution in [0.5, 0.6) is 17.2 Å². The van der Waals surface area contributed by atoms with Crippen molar-refractivity contribution in [1.29, 1.82) is 0 Å². The molecule has 3 N–H and O–H groups in total. The lowest BCUT2D eigenvalue weighted by atomic mass is 9.99. The van der Waals surface area contributed by atoms with E-state index in [0.29, 0.717) is 11.5 Å². The molecule has 0 spiro atoms. The molecule has 0 aliphatic heterocycles. The summed E-state index contributed by atoms with van der Waals surface area (Å²) >= 11 is 0. The lowest BCUT2D eigenvalue weighted by molar-refractivity contribution is 0.367. The molecule has 0 bridgehead atoms. The number of methoxy groups -OCH3 is 2. The zero-order valence-electron chi connectivity index (χ0n) is 10.7. The molecule has 1 aliphatic rings. The van der Waals surface area contributed by atoms with Gasteiger partial charge in [0.1, 0.15) is 17.2 Å². The van der Waals surface area contributed by atoms with Gasteiger partial charge in [-0.05, 0) is 12.3 Å². The van der Waals surface area contributed by atoms with Gasteiger partial charge in [0, 0.05) is 18.2 Å². The van der Waals surface area contributed by atoms with Gasteiger partial charge in [-0.15, -0.1) is 12.4 Å². The van der Waals surface area contributed by atoms with E-state index in [1.165, 1.54) is 12.8 Å². The van der Waals surface area contributed by atoms with Crippen LogP contribution in [0.15, 0.2) is 12.1 Å². The van der Waals surface area contributed by atoms with Gasteiger partial charge in [0.15, 0.2) is 0 Å². The normalized spacial score (nSPS) is 15.7. The third-order valence-corrected chi connectivity index (χ3v) is 3.18. The quantitative estimate of drug-likeness (QED) is 0.866. The smallest absolute Gasteiger partial charge is 0.131 e. The summed E-state index contributed by atoms with van der Waals surface area (Å²) in [6.45, 7) is 0. The second kappa shape index (κ2) is 6.16. The number of benzene rings is 1. The highest BCUT2D eigenvalue weighted by Gasteiger charge is 2.27. The molecule has 1 fully saturated rings. The average molecular weight is 274 g/mol. The molecule has 4 nitrogen and oxygen atoms in total. The molecule has 0 amide bonds. The molecule has 102 valence electrons. The number of ether oxygens (including phenoxy) is 2. The Morgan fingerprint density at radius 3 is 2.17 bits per heavy atom. The van der Waals surface area contributed by atoms with Crippen LogP contribution in [0, 0.1) is 5.92 Å². The first-order valence-corrected chi connectivity index (χ1v) is 5.86.